The van der Waals surface area contributed by atoms with E-state index < -0.39 is 0 Å². The van der Waals surface area contributed by atoms with Gasteiger partial charge in [0.2, 0.25) is 17.7 Å². The van der Waals surface area contributed by atoms with Crippen LogP contribution in [0.5, 0.6) is 0 Å². The van der Waals surface area contributed by atoms with Crippen LogP contribution in [0.1, 0.15) is 64.7 Å². The fraction of sp³-hybridized carbons (Fsp3) is 0.833. The number of fused-ring (bicyclic) bond motifs is 1. The van der Waals surface area contributed by atoms with Crippen LogP contribution in [0.15, 0.2) is 0 Å². The molecule has 128 valence electrons. The van der Waals surface area contributed by atoms with Crippen molar-refractivity contribution in [2.75, 3.05) is 13.1 Å². The lowest BCUT2D eigenvalue weighted by Crippen LogP contribution is -2.45. The summed E-state index contributed by atoms with van der Waals surface area (Å²) in [6, 6.07) is 0.337. The maximum absolute atomic E-state index is 12.5. The van der Waals surface area contributed by atoms with Gasteiger partial charge in [-0.2, -0.15) is 0 Å². The second-order valence-corrected chi connectivity index (χ2v) is 7.22. The second-order valence-electron chi connectivity index (χ2n) is 7.22. The Hall–Kier alpha value is -1.39. The smallest absolute Gasteiger partial charge is 0.233 e. The molecule has 0 aromatic heterocycles. The van der Waals surface area contributed by atoms with Crippen LogP contribution >= 0.6 is 0 Å². The molecule has 0 aromatic carbocycles. The van der Waals surface area contributed by atoms with Crippen LogP contribution in [0.2, 0.25) is 0 Å². The standard InChI is InChI=1S/C18H28N2O3/c1-2-13-7-5-6-11-19(13)16(21)10-12-20-17(22)14-8-3-4-9-15(14)18(20)23/h13-15H,2-12H2,1H3/t13-,14-,15+/m0/s1. The molecule has 3 aliphatic rings. The predicted octanol–water partition coefficient (Wildman–Crippen LogP) is 2.34. The average molecular weight is 320 g/mol. The highest BCUT2D eigenvalue weighted by Crippen LogP contribution is 2.38. The minimum absolute atomic E-state index is 0.0295. The van der Waals surface area contributed by atoms with Crippen LogP contribution in [0.3, 0.4) is 0 Å². The van der Waals surface area contributed by atoms with Crippen molar-refractivity contribution in [1.82, 2.24) is 9.80 Å². The van der Waals surface area contributed by atoms with Crippen molar-refractivity contribution in [3.63, 3.8) is 0 Å². The molecule has 3 amide bonds. The quantitative estimate of drug-likeness (QED) is 0.747. The monoisotopic (exact) mass is 320 g/mol. The van der Waals surface area contributed by atoms with Gasteiger partial charge in [-0.3, -0.25) is 19.3 Å². The van der Waals surface area contributed by atoms with Gasteiger partial charge in [-0.15, -0.1) is 0 Å². The van der Waals surface area contributed by atoms with Gasteiger partial charge >= 0.3 is 0 Å². The summed E-state index contributed by atoms with van der Waals surface area (Å²) in [5, 5.41) is 0. The van der Waals surface area contributed by atoms with Gasteiger partial charge in [0, 0.05) is 25.6 Å². The summed E-state index contributed by atoms with van der Waals surface area (Å²) < 4.78 is 0. The Balaban J connectivity index is 1.58. The van der Waals surface area contributed by atoms with Gasteiger partial charge in [0.15, 0.2) is 0 Å². The fourth-order valence-corrected chi connectivity index (χ4v) is 4.56. The summed E-state index contributed by atoms with van der Waals surface area (Å²) in [7, 11) is 0. The molecule has 0 N–H and O–H groups in total. The zero-order valence-corrected chi connectivity index (χ0v) is 14.1. The molecule has 2 aliphatic heterocycles. The Kier molecular flexibility index (Phi) is 5.02. The second kappa shape index (κ2) is 7.02. The van der Waals surface area contributed by atoms with E-state index in [0.717, 1.165) is 51.5 Å². The van der Waals surface area contributed by atoms with E-state index in [4.69, 9.17) is 0 Å². The summed E-state index contributed by atoms with van der Waals surface area (Å²) in [6.07, 6.45) is 8.35. The number of carbonyl (C=O) groups excluding carboxylic acids is 3. The lowest BCUT2D eigenvalue weighted by molar-refractivity contribution is -0.141. The maximum atomic E-state index is 12.5. The van der Waals surface area contributed by atoms with E-state index in [1.165, 1.54) is 11.3 Å². The van der Waals surface area contributed by atoms with Gasteiger partial charge in [0.05, 0.1) is 11.8 Å². The molecule has 3 fully saturated rings. The van der Waals surface area contributed by atoms with E-state index in [0.29, 0.717) is 6.04 Å². The number of rotatable bonds is 4. The number of hydrogen-bond acceptors (Lipinski definition) is 3. The Bertz CT molecular complexity index is 467. The van der Waals surface area contributed by atoms with Gasteiger partial charge in [-0.05, 0) is 38.5 Å². The van der Waals surface area contributed by atoms with E-state index in [9.17, 15) is 14.4 Å². The topological polar surface area (TPSA) is 57.7 Å². The van der Waals surface area contributed by atoms with Crippen molar-refractivity contribution in [1.29, 1.82) is 0 Å². The lowest BCUT2D eigenvalue weighted by Gasteiger charge is -2.35. The largest absolute Gasteiger partial charge is 0.340 e. The predicted molar refractivity (Wildman–Crippen MR) is 86.4 cm³/mol. The van der Waals surface area contributed by atoms with E-state index >= 15 is 0 Å². The molecule has 0 bridgehead atoms. The molecular formula is C18H28N2O3. The molecule has 2 heterocycles. The highest BCUT2D eigenvalue weighted by atomic mass is 16.2. The molecule has 1 saturated carbocycles. The highest BCUT2D eigenvalue weighted by molar-refractivity contribution is 6.05. The van der Waals surface area contributed by atoms with Crippen molar-refractivity contribution >= 4 is 17.7 Å². The maximum Gasteiger partial charge on any atom is 0.233 e. The van der Waals surface area contributed by atoms with Crippen LogP contribution in [-0.4, -0.2) is 46.7 Å². The van der Waals surface area contributed by atoms with Crippen LogP contribution in [0, 0.1) is 11.8 Å². The van der Waals surface area contributed by atoms with Crippen molar-refractivity contribution in [3.05, 3.63) is 0 Å². The summed E-state index contributed by atoms with van der Waals surface area (Å²) in [5.74, 6) is -0.169. The number of carbonyl (C=O) groups is 3. The molecule has 0 unspecified atom stereocenters. The zero-order valence-electron chi connectivity index (χ0n) is 14.1. The van der Waals surface area contributed by atoms with Crippen LogP contribution in [-0.2, 0) is 14.4 Å². The van der Waals surface area contributed by atoms with Crippen LogP contribution in [0.25, 0.3) is 0 Å². The SMILES string of the molecule is CC[C@H]1CCCCN1C(=O)CCN1C(=O)[C@H]2CCCC[C@H]2C1=O. The Morgan fingerprint density at radius 3 is 2.22 bits per heavy atom. The Morgan fingerprint density at radius 1 is 1.00 bits per heavy atom. The normalized spacial score (nSPS) is 31.4. The first-order valence-electron chi connectivity index (χ1n) is 9.28. The zero-order chi connectivity index (χ0) is 16.4. The molecule has 1 aliphatic carbocycles. The third-order valence-corrected chi connectivity index (χ3v) is 5.90. The first-order valence-corrected chi connectivity index (χ1v) is 9.28. The highest BCUT2D eigenvalue weighted by Gasteiger charge is 2.47. The van der Waals surface area contributed by atoms with Crippen molar-refractivity contribution in [2.45, 2.75) is 70.8 Å². The number of amides is 3. The number of hydrogen-bond donors (Lipinski definition) is 0. The number of likely N-dealkylation sites (tertiary alicyclic amines) is 2. The van der Waals surface area contributed by atoms with Crippen LogP contribution in [0.4, 0.5) is 0 Å². The first kappa shape index (κ1) is 16.5. The number of imide groups is 1. The van der Waals surface area contributed by atoms with Gasteiger partial charge in [-0.25, -0.2) is 0 Å². The summed E-state index contributed by atoms with van der Waals surface area (Å²) >= 11 is 0. The summed E-state index contributed by atoms with van der Waals surface area (Å²) in [5.41, 5.74) is 0. The van der Waals surface area contributed by atoms with Gasteiger partial charge in [-0.1, -0.05) is 19.8 Å². The molecule has 3 rings (SSSR count). The lowest BCUT2D eigenvalue weighted by atomic mass is 9.81. The van der Waals surface area contributed by atoms with Gasteiger partial charge < -0.3 is 4.90 Å². The van der Waals surface area contributed by atoms with E-state index in [1.54, 1.807) is 0 Å². The van der Waals surface area contributed by atoms with Crippen molar-refractivity contribution in [3.8, 4) is 0 Å². The molecule has 0 aromatic rings. The molecule has 2 saturated heterocycles. The molecular weight excluding hydrogens is 292 g/mol. The molecule has 3 atom stereocenters. The third kappa shape index (κ3) is 3.15. The van der Waals surface area contributed by atoms with E-state index in [1.807, 2.05) is 4.90 Å². The molecule has 5 heteroatoms. The minimum atomic E-state index is -0.107. The molecule has 5 nitrogen and oxygen atoms in total. The van der Waals surface area contributed by atoms with Gasteiger partial charge in [0.25, 0.3) is 0 Å². The van der Waals surface area contributed by atoms with Crippen molar-refractivity contribution < 1.29 is 14.4 Å². The number of piperidine rings is 1. The summed E-state index contributed by atoms with van der Waals surface area (Å²) in [4.78, 5) is 40.8. The third-order valence-electron chi connectivity index (χ3n) is 5.90. The minimum Gasteiger partial charge on any atom is -0.340 e. The fourth-order valence-electron chi connectivity index (χ4n) is 4.56. The molecule has 23 heavy (non-hydrogen) atoms. The Morgan fingerprint density at radius 2 is 1.61 bits per heavy atom. The van der Waals surface area contributed by atoms with Gasteiger partial charge in [0.1, 0.15) is 0 Å². The number of nitrogens with zero attached hydrogens (tertiary/aromatic N) is 2. The summed E-state index contributed by atoms with van der Waals surface area (Å²) in [6.45, 7) is 3.22. The first-order chi connectivity index (χ1) is 11.1. The van der Waals surface area contributed by atoms with Crippen LogP contribution < -0.4 is 0 Å². The van der Waals surface area contributed by atoms with E-state index in [2.05, 4.69) is 6.92 Å². The van der Waals surface area contributed by atoms with E-state index in [-0.39, 0.29) is 42.5 Å². The molecule has 0 spiro atoms. The molecule has 0 radical (unpaired) electrons. The van der Waals surface area contributed by atoms with Crippen molar-refractivity contribution in [2.24, 2.45) is 11.8 Å². The Labute approximate surface area is 138 Å². The average Bonchev–Trinajstić information content (AvgIpc) is 2.84.